The lowest BCUT2D eigenvalue weighted by molar-refractivity contribution is -0.120. The molecule has 546 valence electrons. The smallest absolute Gasteiger partial charge is 0.497 e. The van der Waals surface area contributed by atoms with Gasteiger partial charge in [0.15, 0.2) is 0 Å². The van der Waals surface area contributed by atoms with E-state index in [0.29, 0.717) is 29.0 Å². The highest BCUT2D eigenvalue weighted by Crippen LogP contribution is 2.49. The van der Waals surface area contributed by atoms with Crippen molar-refractivity contribution in [3.63, 3.8) is 0 Å². The van der Waals surface area contributed by atoms with E-state index in [1.54, 1.807) is 64.6 Å². The lowest BCUT2D eigenvalue weighted by Gasteiger charge is -2.37. The van der Waals surface area contributed by atoms with Crippen LogP contribution in [0.15, 0.2) is 209 Å². The van der Waals surface area contributed by atoms with Crippen LogP contribution in [0.4, 0.5) is 15.4 Å². The van der Waals surface area contributed by atoms with Crippen LogP contribution in [-0.4, -0.2) is 138 Å². The maximum Gasteiger partial charge on any atom is 0.513 e. The fourth-order valence-corrected chi connectivity index (χ4v) is 14.0. The minimum Gasteiger partial charge on any atom is -0.497 e. The zero-order chi connectivity index (χ0) is 73.6. The Bertz CT molecular complexity index is 4580. The fraction of sp³-hybridized carbons (Fsp3) is 0.308. The number of aliphatic hydroxyl groups is 1. The molecule has 0 radical (unpaired) electrons. The van der Waals surface area contributed by atoms with Crippen LogP contribution in [0.25, 0.3) is 11.1 Å². The molecule has 2 fully saturated rings. The van der Waals surface area contributed by atoms with Gasteiger partial charge in [-0.05, 0) is 118 Å². The number of methoxy groups -OCH3 is 2. The number of fused-ring (bicyclic) bond motifs is 3. The summed E-state index contributed by atoms with van der Waals surface area (Å²) < 4.78 is 69.2. The van der Waals surface area contributed by atoms with E-state index < -0.39 is 86.2 Å². The highest BCUT2D eigenvalue weighted by atomic mass is 31.2. The standard InChI is InChI=1S/C78H80N7O19P/c1-6-39-99-105(104-65-43-71(85-45-49(2)72(88)82-75(85)91)103-67(65)47-98-78(53-14-8-7-9-15-53,54-26-32-56(94-4)33-27-54)55-28-34-57(95-5)35-29-55)100-48-66-64(86)42-70(102-66)84-37-36-68(81-74(84)90)80-73(89)52-24-20-51(21-25-52)44-79-69(87)41-50-22-30-58(31-23-50)101-77(93)96-40-38-83(3)76(92)97-46-63-61-18-12-10-16-59(61)60-17-11-13-19-62(60)63/h7-37,45,63-67,70-71,86H,6,38-44,46-48H2,1-5H3,(H,79,87)(H,82,88,91)(H,80,81,89,90)/t64?,65?,66-,67-,70-,71-,105?/m1/s1. The normalized spacial score (nSPS) is 17.8. The van der Waals surface area contributed by atoms with E-state index in [0.717, 1.165) is 38.9 Å². The Morgan fingerprint density at radius 2 is 1.29 bits per heavy atom. The third-order valence-electron chi connectivity index (χ3n) is 18.3. The average molecular weight is 1450 g/mol. The molecule has 3 unspecified atom stereocenters. The number of ether oxygens (including phenoxy) is 8. The first-order valence-corrected chi connectivity index (χ1v) is 35.3. The first-order chi connectivity index (χ1) is 51.0. The summed E-state index contributed by atoms with van der Waals surface area (Å²) in [5.41, 5.74) is 5.41. The van der Waals surface area contributed by atoms with Gasteiger partial charge in [0.05, 0.1) is 59.2 Å². The third kappa shape index (κ3) is 17.8. The number of nitrogens with one attached hydrogen (secondary N) is 3. The summed E-state index contributed by atoms with van der Waals surface area (Å²) in [5.74, 6) is 0.512. The summed E-state index contributed by atoms with van der Waals surface area (Å²) in [6, 6.07) is 55.2. The molecule has 2 aromatic heterocycles. The molecule has 1 aliphatic carbocycles. The first kappa shape index (κ1) is 74.1. The van der Waals surface area contributed by atoms with Gasteiger partial charge in [0.1, 0.15) is 66.5 Å². The molecule has 105 heavy (non-hydrogen) atoms. The van der Waals surface area contributed by atoms with Crippen LogP contribution in [0.3, 0.4) is 0 Å². The largest absolute Gasteiger partial charge is 0.513 e. The molecule has 0 saturated carbocycles. The predicted octanol–water partition coefficient (Wildman–Crippen LogP) is 10.6. The zero-order valence-corrected chi connectivity index (χ0v) is 59.2. The maximum absolute atomic E-state index is 13.6. The van der Waals surface area contributed by atoms with Gasteiger partial charge in [-0.2, -0.15) is 4.98 Å². The number of nitrogens with zero attached hydrogens (tertiary/aromatic N) is 4. The summed E-state index contributed by atoms with van der Waals surface area (Å²) in [6.45, 7) is 3.64. The number of likely N-dealkylation sites (N-methyl/N-ethyl adjacent to an activating group) is 1. The molecule has 0 bridgehead atoms. The minimum atomic E-state index is -2.22. The molecule has 0 spiro atoms. The molecule has 12 rings (SSSR count). The number of carbonyl (C=O) groups is 4. The Morgan fingerprint density at radius 3 is 1.93 bits per heavy atom. The number of aryl methyl sites for hydroxylation is 1. The van der Waals surface area contributed by atoms with E-state index in [2.05, 4.69) is 32.7 Å². The number of rotatable bonds is 30. The van der Waals surface area contributed by atoms with Crippen LogP contribution >= 0.6 is 8.60 Å². The van der Waals surface area contributed by atoms with Gasteiger partial charge in [0.2, 0.25) is 5.91 Å². The number of aliphatic hydroxyl groups excluding tert-OH is 1. The van der Waals surface area contributed by atoms with Crippen molar-refractivity contribution < 1.29 is 75.8 Å². The van der Waals surface area contributed by atoms with E-state index in [1.165, 1.54) is 44.6 Å². The summed E-state index contributed by atoms with van der Waals surface area (Å²) in [6.07, 6.45) is -3.71. The number of hydrogen-bond donors (Lipinski definition) is 4. The molecule has 2 saturated heterocycles. The Morgan fingerprint density at radius 1 is 0.676 bits per heavy atom. The molecule has 2 aliphatic heterocycles. The van der Waals surface area contributed by atoms with Gasteiger partial charge in [-0.25, -0.2) is 19.2 Å². The SMILES string of the molecule is CCCOP(OC[C@H]1O[C@@H](n2ccc(NC(=O)c3ccc(CNC(=O)Cc4ccc(OC(=O)OCCN(C)C(=O)OCC5c6ccccc6-c6ccccc65)cc4)cc3)nc2=O)CC1O)OC1C[C@H](n2cc(C)c(=O)[nH]c2=O)O[C@@H]1COC(c1ccccc1)(c1ccc(OC)cc1)c1ccc(OC)cc1. The highest BCUT2D eigenvalue weighted by molar-refractivity contribution is 7.41. The van der Waals surface area contributed by atoms with Gasteiger partial charge in [0.25, 0.3) is 11.5 Å². The van der Waals surface area contributed by atoms with Gasteiger partial charge in [-0.3, -0.25) is 28.5 Å². The van der Waals surface area contributed by atoms with Crippen molar-refractivity contribution in [3.8, 4) is 28.4 Å². The number of benzene rings is 7. The second-order valence-corrected chi connectivity index (χ2v) is 26.4. The first-order valence-electron chi connectivity index (χ1n) is 34.3. The van der Waals surface area contributed by atoms with Gasteiger partial charge in [0, 0.05) is 55.9 Å². The summed E-state index contributed by atoms with van der Waals surface area (Å²) in [5, 5.41) is 16.9. The second kappa shape index (κ2) is 34.3. The maximum atomic E-state index is 13.6. The number of hydrogen-bond acceptors (Lipinski definition) is 20. The van der Waals surface area contributed by atoms with Gasteiger partial charge in [-0.1, -0.05) is 134 Å². The number of anilines is 1. The number of H-pyrrole nitrogens is 1. The number of amides is 3. The summed E-state index contributed by atoms with van der Waals surface area (Å²) >= 11 is 0. The Labute approximate surface area is 605 Å². The quantitative estimate of drug-likeness (QED) is 0.0141. The van der Waals surface area contributed by atoms with Crippen LogP contribution < -0.4 is 41.8 Å². The molecule has 4 heterocycles. The van der Waals surface area contributed by atoms with Crippen molar-refractivity contribution in [1.29, 1.82) is 0 Å². The number of aromatic amines is 1. The molecular formula is C78H80N7O19P. The van der Waals surface area contributed by atoms with Crippen molar-refractivity contribution in [1.82, 2.24) is 29.3 Å². The van der Waals surface area contributed by atoms with Crippen molar-refractivity contribution in [2.45, 2.75) is 94.5 Å². The highest BCUT2D eigenvalue weighted by Gasteiger charge is 2.45. The summed E-state index contributed by atoms with van der Waals surface area (Å²) in [7, 11) is 2.51. The van der Waals surface area contributed by atoms with E-state index >= 15 is 0 Å². The number of aromatic nitrogens is 4. The zero-order valence-electron chi connectivity index (χ0n) is 58.3. The van der Waals surface area contributed by atoms with Gasteiger partial charge in [-0.15, -0.1) is 0 Å². The molecule has 27 heteroatoms. The molecule has 9 aromatic rings. The molecule has 7 aromatic carbocycles. The Kier molecular flexibility index (Phi) is 24.2. The van der Waals surface area contributed by atoms with E-state index in [9.17, 15) is 38.7 Å². The van der Waals surface area contributed by atoms with Crippen molar-refractivity contribution in [2.24, 2.45) is 0 Å². The molecule has 26 nitrogen and oxygen atoms in total. The monoisotopic (exact) mass is 1450 g/mol. The van der Waals surface area contributed by atoms with Crippen LogP contribution in [0.1, 0.15) is 99.4 Å². The van der Waals surface area contributed by atoms with Crippen LogP contribution in [0, 0.1) is 6.92 Å². The Balaban J connectivity index is 0.607. The fourth-order valence-electron chi connectivity index (χ4n) is 12.7. The second-order valence-electron chi connectivity index (χ2n) is 25.3. The topological polar surface area (TPSA) is 307 Å². The third-order valence-corrected chi connectivity index (χ3v) is 19.5. The van der Waals surface area contributed by atoms with E-state index in [-0.39, 0.29) is 99.9 Å². The molecule has 3 aliphatic rings. The van der Waals surface area contributed by atoms with Crippen molar-refractivity contribution in [3.05, 3.63) is 276 Å². The summed E-state index contributed by atoms with van der Waals surface area (Å²) in [4.78, 5) is 99.1. The van der Waals surface area contributed by atoms with Crippen LogP contribution in [0.5, 0.6) is 17.2 Å². The predicted molar refractivity (Wildman–Crippen MR) is 386 cm³/mol. The van der Waals surface area contributed by atoms with Crippen molar-refractivity contribution >= 4 is 38.5 Å². The lowest BCUT2D eigenvalue weighted by atomic mass is 9.80. The van der Waals surface area contributed by atoms with Gasteiger partial charge >= 0.3 is 32.2 Å². The molecule has 7 atom stereocenters. The molecule has 4 N–H and O–H groups in total. The van der Waals surface area contributed by atoms with E-state index in [4.69, 9.17) is 51.5 Å². The lowest BCUT2D eigenvalue weighted by Crippen LogP contribution is -2.38. The average Bonchev–Trinajstić information content (AvgIpc) is 0.959. The van der Waals surface area contributed by atoms with Gasteiger partial charge < -0.3 is 72.1 Å². The van der Waals surface area contributed by atoms with Crippen LogP contribution in [-0.2, 0) is 60.6 Å². The Hall–Kier alpha value is -10.7. The van der Waals surface area contributed by atoms with Crippen LogP contribution in [0.2, 0.25) is 0 Å². The minimum absolute atomic E-state index is 0.0143. The molecule has 3 amide bonds. The molecular weight excluding hydrogens is 1370 g/mol. The van der Waals surface area contributed by atoms with E-state index in [1.807, 2.05) is 122 Å². The van der Waals surface area contributed by atoms with Crippen molar-refractivity contribution in [2.75, 3.05) is 66.2 Å². The number of carbonyl (C=O) groups excluding carboxylic acids is 4.